The lowest BCUT2D eigenvalue weighted by Gasteiger charge is -2.23. The summed E-state index contributed by atoms with van der Waals surface area (Å²) in [5.74, 6) is -1.48. The van der Waals surface area contributed by atoms with Crippen molar-refractivity contribution in [2.75, 3.05) is 26.0 Å². The first-order valence-corrected chi connectivity index (χ1v) is 6.53. The highest BCUT2D eigenvalue weighted by Crippen LogP contribution is 2.18. The minimum Gasteiger partial charge on any atom is -0.468 e. The largest absolute Gasteiger partial charge is 0.468 e. The highest BCUT2D eigenvalue weighted by atomic mass is 32.2. The Labute approximate surface area is 96.0 Å². The van der Waals surface area contributed by atoms with Crippen molar-refractivity contribution in [3.63, 3.8) is 0 Å². The number of carbonyl (C=O) groups is 1. The number of esters is 1. The molecule has 0 aliphatic heterocycles. The van der Waals surface area contributed by atoms with Crippen molar-refractivity contribution in [2.45, 2.75) is 20.3 Å². The molecule has 0 saturated heterocycles. The highest BCUT2D eigenvalue weighted by molar-refractivity contribution is 7.90. The zero-order valence-corrected chi connectivity index (χ0v) is 10.6. The molecule has 16 heavy (non-hydrogen) atoms. The Morgan fingerprint density at radius 3 is 2.44 bits per heavy atom. The van der Waals surface area contributed by atoms with Gasteiger partial charge in [0.05, 0.1) is 7.11 Å². The average molecular weight is 253 g/mol. The third-order valence-electron chi connectivity index (χ3n) is 2.09. The number of hydrogen-bond donors (Lipinski definition) is 2. The molecule has 0 spiro atoms. The zero-order chi connectivity index (χ0) is 12.8. The first kappa shape index (κ1) is 15.3. The maximum absolute atomic E-state index is 11.4. The number of sulfonamides is 1. The molecule has 0 radical (unpaired) electrons. The van der Waals surface area contributed by atoms with E-state index in [0.717, 1.165) is 7.11 Å². The third kappa shape index (κ3) is 6.76. The Bertz CT molecular complexity index is 323. The SMILES string of the molecule is COC(=O)CS(=O)(=O)NCC(C)(C)CCO. The maximum atomic E-state index is 11.4. The normalized spacial score (nSPS) is 12.5. The van der Waals surface area contributed by atoms with Gasteiger partial charge in [-0.2, -0.15) is 0 Å². The van der Waals surface area contributed by atoms with Crippen molar-refractivity contribution in [1.82, 2.24) is 4.72 Å². The van der Waals surface area contributed by atoms with Crippen molar-refractivity contribution in [3.05, 3.63) is 0 Å². The smallest absolute Gasteiger partial charge is 0.322 e. The Balaban J connectivity index is 4.24. The summed E-state index contributed by atoms with van der Waals surface area (Å²) in [6.07, 6.45) is 0.480. The molecule has 0 atom stereocenters. The number of rotatable bonds is 7. The lowest BCUT2D eigenvalue weighted by molar-refractivity contribution is -0.137. The van der Waals surface area contributed by atoms with Crippen molar-refractivity contribution in [2.24, 2.45) is 5.41 Å². The lowest BCUT2D eigenvalue weighted by atomic mass is 9.90. The van der Waals surface area contributed by atoms with Gasteiger partial charge in [0.1, 0.15) is 0 Å². The predicted molar refractivity (Wildman–Crippen MR) is 59.3 cm³/mol. The second-order valence-corrected chi connectivity index (χ2v) is 6.10. The van der Waals surface area contributed by atoms with Crippen LogP contribution in [0.4, 0.5) is 0 Å². The average Bonchev–Trinajstić information content (AvgIpc) is 2.14. The van der Waals surface area contributed by atoms with E-state index in [1.165, 1.54) is 0 Å². The Morgan fingerprint density at radius 2 is 2.00 bits per heavy atom. The van der Waals surface area contributed by atoms with Crippen molar-refractivity contribution in [3.8, 4) is 0 Å². The number of aliphatic hydroxyl groups is 1. The van der Waals surface area contributed by atoms with Crippen LogP contribution in [0.3, 0.4) is 0 Å². The van der Waals surface area contributed by atoms with Gasteiger partial charge in [-0.1, -0.05) is 13.8 Å². The molecule has 0 fully saturated rings. The first-order valence-electron chi connectivity index (χ1n) is 4.87. The van der Waals surface area contributed by atoms with Crippen LogP contribution in [0.1, 0.15) is 20.3 Å². The van der Waals surface area contributed by atoms with Crippen molar-refractivity contribution >= 4 is 16.0 Å². The minimum atomic E-state index is -3.65. The van der Waals surface area contributed by atoms with E-state index < -0.39 is 21.7 Å². The zero-order valence-electron chi connectivity index (χ0n) is 9.82. The molecule has 2 N–H and O–H groups in total. The van der Waals surface area contributed by atoms with Gasteiger partial charge >= 0.3 is 5.97 Å². The van der Waals surface area contributed by atoms with E-state index in [1.807, 2.05) is 13.8 Å². The summed E-state index contributed by atoms with van der Waals surface area (Å²) in [5, 5.41) is 8.76. The van der Waals surface area contributed by atoms with Gasteiger partial charge in [-0.05, 0) is 11.8 Å². The van der Waals surface area contributed by atoms with Crippen LogP contribution in [0.15, 0.2) is 0 Å². The fraction of sp³-hybridized carbons (Fsp3) is 0.889. The molecule has 0 heterocycles. The van der Waals surface area contributed by atoms with E-state index in [4.69, 9.17) is 5.11 Å². The molecule has 7 heteroatoms. The van der Waals surface area contributed by atoms with Gasteiger partial charge in [0.25, 0.3) is 0 Å². The standard InChI is InChI=1S/C9H19NO5S/c1-9(2,4-5-11)7-10-16(13,14)6-8(12)15-3/h10-11H,4-7H2,1-3H3. The highest BCUT2D eigenvalue weighted by Gasteiger charge is 2.22. The Morgan fingerprint density at radius 1 is 1.44 bits per heavy atom. The molecule has 6 nitrogen and oxygen atoms in total. The summed E-state index contributed by atoms with van der Waals surface area (Å²) in [6, 6.07) is 0. The summed E-state index contributed by atoms with van der Waals surface area (Å²) in [7, 11) is -2.52. The second kappa shape index (κ2) is 6.17. The molecule has 0 unspecified atom stereocenters. The van der Waals surface area contributed by atoms with Gasteiger partial charge in [0.2, 0.25) is 10.0 Å². The van der Waals surface area contributed by atoms with Crippen LogP contribution in [-0.4, -0.2) is 45.5 Å². The summed E-state index contributed by atoms with van der Waals surface area (Å²) in [6.45, 7) is 3.81. The van der Waals surface area contributed by atoms with Crippen molar-refractivity contribution in [1.29, 1.82) is 0 Å². The maximum Gasteiger partial charge on any atom is 0.322 e. The van der Waals surface area contributed by atoms with Gasteiger partial charge in [0.15, 0.2) is 5.75 Å². The number of hydrogen-bond acceptors (Lipinski definition) is 5. The molecule has 0 saturated carbocycles. The van der Waals surface area contributed by atoms with Crippen LogP contribution in [0.2, 0.25) is 0 Å². The molecule has 0 bridgehead atoms. The van der Waals surface area contributed by atoms with E-state index >= 15 is 0 Å². The van der Waals surface area contributed by atoms with E-state index in [-0.39, 0.29) is 18.6 Å². The summed E-state index contributed by atoms with van der Waals surface area (Å²) >= 11 is 0. The first-order chi connectivity index (χ1) is 7.22. The van der Waals surface area contributed by atoms with E-state index in [9.17, 15) is 13.2 Å². The molecule has 0 rings (SSSR count). The summed E-state index contributed by atoms with van der Waals surface area (Å²) < 4.78 is 29.3. The number of carbonyl (C=O) groups excluding carboxylic acids is 1. The number of ether oxygens (including phenoxy) is 1. The van der Waals surface area contributed by atoms with E-state index in [2.05, 4.69) is 9.46 Å². The Hall–Kier alpha value is -0.660. The second-order valence-electron chi connectivity index (χ2n) is 4.29. The quantitative estimate of drug-likeness (QED) is 0.596. The van der Waals surface area contributed by atoms with Crippen LogP contribution >= 0.6 is 0 Å². The monoisotopic (exact) mass is 253 g/mol. The molecule has 0 amide bonds. The molecule has 96 valence electrons. The molecule has 0 aromatic heterocycles. The van der Waals surface area contributed by atoms with Crippen LogP contribution in [0.25, 0.3) is 0 Å². The van der Waals surface area contributed by atoms with E-state index in [1.54, 1.807) is 0 Å². The number of nitrogens with one attached hydrogen (secondary N) is 1. The van der Waals surface area contributed by atoms with Crippen LogP contribution < -0.4 is 4.72 Å². The van der Waals surface area contributed by atoms with Crippen molar-refractivity contribution < 1.29 is 23.1 Å². The summed E-state index contributed by atoms with van der Waals surface area (Å²) in [5.41, 5.74) is -0.349. The predicted octanol–water partition coefficient (Wildman–Crippen LogP) is -0.513. The molecule has 0 aromatic rings. The Kier molecular flexibility index (Phi) is 5.91. The third-order valence-corrected chi connectivity index (χ3v) is 3.29. The fourth-order valence-corrected chi connectivity index (χ4v) is 2.10. The van der Waals surface area contributed by atoms with Gasteiger partial charge < -0.3 is 9.84 Å². The number of methoxy groups -OCH3 is 1. The van der Waals surface area contributed by atoms with Gasteiger partial charge in [-0.3, -0.25) is 4.79 Å². The van der Waals surface area contributed by atoms with Gasteiger partial charge in [-0.15, -0.1) is 0 Å². The molecule has 0 aromatic carbocycles. The topological polar surface area (TPSA) is 92.7 Å². The molecule has 0 aliphatic rings. The number of aliphatic hydroxyl groups excluding tert-OH is 1. The molecular weight excluding hydrogens is 234 g/mol. The summed E-state index contributed by atoms with van der Waals surface area (Å²) in [4.78, 5) is 10.8. The minimum absolute atomic E-state index is 0.00821. The van der Waals surface area contributed by atoms with E-state index in [0.29, 0.717) is 6.42 Å². The molecular formula is C9H19NO5S. The van der Waals surface area contributed by atoms with Crippen LogP contribution in [-0.2, 0) is 19.6 Å². The van der Waals surface area contributed by atoms with Crippen LogP contribution in [0, 0.1) is 5.41 Å². The van der Waals surface area contributed by atoms with Gasteiger partial charge in [-0.25, -0.2) is 13.1 Å². The van der Waals surface area contributed by atoms with Gasteiger partial charge in [0, 0.05) is 13.2 Å². The fourth-order valence-electron chi connectivity index (χ4n) is 0.961. The van der Waals surface area contributed by atoms with Crippen LogP contribution in [0.5, 0.6) is 0 Å². The molecule has 0 aliphatic carbocycles. The lowest BCUT2D eigenvalue weighted by Crippen LogP contribution is -2.37.